The van der Waals surface area contributed by atoms with Gasteiger partial charge in [-0.25, -0.2) is 0 Å². The standard InChI is InChI=1S/C18H33N3O2/c1-4-19-18(23)15-5-11-21(12-6-15)16-7-9-20(10-8-16)13-17(22)14(2)3/h14-16H,4-13H2,1-3H3,(H,19,23). The van der Waals surface area contributed by atoms with Crippen molar-refractivity contribution in [3.63, 3.8) is 0 Å². The molecule has 0 radical (unpaired) electrons. The van der Waals surface area contributed by atoms with Crippen LogP contribution in [0.15, 0.2) is 0 Å². The first-order valence-corrected chi connectivity index (χ1v) is 9.28. The lowest BCUT2D eigenvalue weighted by atomic mass is 9.92. The van der Waals surface area contributed by atoms with E-state index in [1.54, 1.807) is 0 Å². The molecular formula is C18H33N3O2. The molecule has 0 saturated carbocycles. The lowest BCUT2D eigenvalue weighted by Crippen LogP contribution is -2.50. The van der Waals surface area contributed by atoms with Crippen LogP contribution in [0.3, 0.4) is 0 Å². The van der Waals surface area contributed by atoms with Crippen molar-refractivity contribution in [2.24, 2.45) is 11.8 Å². The summed E-state index contributed by atoms with van der Waals surface area (Å²) in [6, 6.07) is 0.635. The Morgan fingerprint density at radius 1 is 1.04 bits per heavy atom. The summed E-state index contributed by atoms with van der Waals surface area (Å²) in [6.07, 6.45) is 4.27. The van der Waals surface area contributed by atoms with Crippen LogP contribution < -0.4 is 5.32 Å². The zero-order valence-corrected chi connectivity index (χ0v) is 15.0. The Bertz CT molecular complexity index is 395. The number of likely N-dealkylation sites (tertiary alicyclic amines) is 2. The Balaban J connectivity index is 1.70. The summed E-state index contributed by atoms with van der Waals surface area (Å²) in [5.41, 5.74) is 0. The van der Waals surface area contributed by atoms with E-state index in [-0.39, 0.29) is 17.7 Å². The minimum atomic E-state index is 0.140. The average molecular weight is 323 g/mol. The maximum atomic E-state index is 11.9. The van der Waals surface area contributed by atoms with E-state index in [0.717, 1.165) is 58.4 Å². The van der Waals surface area contributed by atoms with Gasteiger partial charge in [-0.3, -0.25) is 14.5 Å². The maximum absolute atomic E-state index is 11.9. The van der Waals surface area contributed by atoms with Crippen molar-refractivity contribution >= 4 is 11.7 Å². The number of nitrogens with one attached hydrogen (secondary N) is 1. The molecule has 23 heavy (non-hydrogen) atoms. The molecule has 2 aliphatic rings. The number of carbonyl (C=O) groups excluding carboxylic acids is 2. The topological polar surface area (TPSA) is 52.7 Å². The minimum Gasteiger partial charge on any atom is -0.356 e. The molecule has 2 heterocycles. The van der Waals surface area contributed by atoms with Gasteiger partial charge in [-0.1, -0.05) is 13.8 Å². The lowest BCUT2D eigenvalue weighted by molar-refractivity contribution is -0.126. The smallest absolute Gasteiger partial charge is 0.223 e. The van der Waals surface area contributed by atoms with Gasteiger partial charge in [-0.15, -0.1) is 0 Å². The van der Waals surface area contributed by atoms with Crippen molar-refractivity contribution in [3.8, 4) is 0 Å². The predicted octanol–water partition coefficient (Wildman–Crippen LogP) is 1.52. The van der Waals surface area contributed by atoms with Gasteiger partial charge in [-0.05, 0) is 45.7 Å². The molecule has 5 heteroatoms. The molecule has 0 unspecified atom stereocenters. The number of carbonyl (C=O) groups is 2. The molecule has 0 aromatic rings. The van der Waals surface area contributed by atoms with Crippen molar-refractivity contribution in [1.82, 2.24) is 15.1 Å². The summed E-state index contributed by atoms with van der Waals surface area (Å²) >= 11 is 0. The normalized spacial score (nSPS) is 22.4. The summed E-state index contributed by atoms with van der Waals surface area (Å²) < 4.78 is 0. The van der Waals surface area contributed by atoms with Crippen LogP contribution >= 0.6 is 0 Å². The number of rotatable bonds is 6. The van der Waals surface area contributed by atoms with Gasteiger partial charge in [0.15, 0.2) is 0 Å². The molecule has 0 bridgehead atoms. The van der Waals surface area contributed by atoms with Crippen molar-refractivity contribution in [2.45, 2.75) is 52.5 Å². The summed E-state index contributed by atoms with van der Waals surface area (Å²) in [4.78, 5) is 28.6. The van der Waals surface area contributed by atoms with Crippen LogP contribution in [0.25, 0.3) is 0 Å². The fourth-order valence-electron chi connectivity index (χ4n) is 3.69. The summed E-state index contributed by atoms with van der Waals surface area (Å²) in [5, 5.41) is 2.95. The van der Waals surface area contributed by atoms with E-state index in [1.807, 2.05) is 20.8 Å². The van der Waals surface area contributed by atoms with E-state index < -0.39 is 0 Å². The fraction of sp³-hybridized carbons (Fsp3) is 0.889. The number of Topliss-reactive ketones (excluding diaryl/α,β-unsaturated/α-hetero) is 1. The molecule has 2 rings (SSSR count). The zero-order valence-electron chi connectivity index (χ0n) is 15.0. The average Bonchev–Trinajstić information content (AvgIpc) is 2.56. The second-order valence-electron chi connectivity index (χ2n) is 7.33. The Hall–Kier alpha value is -0.940. The molecule has 1 amide bonds. The third-order valence-electron chi connectivity index (χ3n) is 5.35. The number of ketones is 1. The Kier molecular flexibility index (Phi) is 7.03. The highest BCUT2D eigenvalue weighted by molar-refractivity contribution is 5.82. The number of hydrogen-bond acceptors (Lipinski definition) is 4. The van der Waals surface area contributed by atoms with Crippen LogP contribution in [0.5, 0.6) is 0 Å². The quantitative estimate of drug-likeness (QED) is 0.805. The number of hydrogen-bond donors (Lipinski definition) is 1. The van der Waals surface area contributed by atoms with E-state index in [4.69, 9.17) is 0 Å². The van der Waals surface area contributed by atoms with Crippen LogP contribution in [0.2, 0.25) is 0 Å². The van der Waals surface area contributed by atoms with Gasteiger partial charge in [0.1, 0.15) is 5.78 Å². The molecular weight excluding hydrogens is 290 g/mol. The zero-order chi connectivity index (χ0) is 16.8. The van der Waals surface area contributed by atoms with Crippen LogP contribution in [0.4, 0.5) is 0 Å². The van der Waals surface area contributed by atoms with E-state index in [9.17, 15) is 9.59 Å². The molecule has 0 aliphatic carbocycles. The highest BCUT2D eigenvalue weighted by Crippen LogP contribution is 2.24. The number of piperidine rings is 2. The SMILES string of the molecule is CCNC(=O)C1CCN(C2CCN(CC(=O)C(C)C)CC2)CC1. The minimum absolute atomic E-state index is 0.140. The maximum Gasteiger partial charge on any atom is 0.223 e. The van der Waals surface area contributed by atoms with Gasteiger partial charge in [0.25, 0.3) is 0 Å². The Morgan fingerprint density at radius 2 is 1.65 bits per heavy atom. The van der Waals surface area contributed by atoms with Crippen molar-refractivity contribution in [2.75, 3.05) is 39.3 Å². The molecule has 2 saturated heterocycles. The Morgan fingerprint density at radius 3 is 2.17 bits per heavy atom. The monoisotopic (exact) mass is 323 g/mol. The van der Waals surface area contributed by atoms with Gasteiger partial charge < -0.3 is 10.2 Å². The second kappa shape index (κ2) is 8.78. The number of nitrogens with zero attached hydrogens (tertiary/aromatic N) is 2. The summed E-state index contributed by atoms with van der Waals surface area (Å²) in [5.74, 6) is 0.927. The van der Waals surface area contributed by atoms with Gasteiger partial charge in [0.2, 0.25) is 5.91 Å². The van der Waals surface area contributed by atoms with Gasteiger partial charge in [0, 0.05) is 37.5 Å². The van der Waals surface area contributed by atoms with Crippen LogP contribution in [-0.4, -0.2) is 66.8 Å². The first kappa shape index (κ1) is 18.4. The first-order chi connectivity index (χ1) is 11.0. The van der Waals surface area contributed by atoms with Crippen LogP contribution in [0.1, 0.15) is 46.5 Å². The number of amides is 1. The second-order valence-corrected chi connectivity index (χ2v) is 7.33. The largest absolute Gasteiger partial charge is 0.356 e. The molecule has 0 spiro atoms. The van der Waals surface area contributed by atoms with Gasteiger partial charge in [0.05, 0.1) is 6.54 Å². The molecule has 2 aliphatic heterocycles. The van der Waals surface area contributed by atoms with Crippen molar-refractivity contribution in [3.05, 3.63) is 0 Å². The lowest BCUT2D eigenvalue weighted by Gasteiger charge is -2.41. The van der Waals surface area contributed by atoms with E-state index in [2.05, 4.69) is 15.1 Å². The van der Waals surface area contributed by atoms with E-state index >= 15 is 0 Å². The summed E-state index contributed by atoms with van der Waals surface area (Å²) in [6.45, 7) is 11.4. The van der Waals surface area contributed by atoms with Gasteiger partial charge >= 0.3 is 0 Å². The highest BCUT2D eigenvalue weighted by atomic mass is 16.2. The molecule has 5 nitrogen and oxygen atoms in total. The highest BCUT2D eigenvalue weighted by Gasteiger charge is 2.30. The van der Waals surface area contributed by atoms with E-state index in [1.165, 1.54) is 0 Å². The fourth-order valence-corrected chi connectivity index (χ4v) is 3.69. The Labute approximate surface area is 140 Å². The summed E-state index contributed by atoms with van der Waals surface area (Å²) in [7, 11) is 0. The van der Waals surface area contributed by atoms with Crippen molar-refractivity contribution in [1.29, 1.82) is 0 Å². The molecule has 0 aromatic heterocycles. The van der Waals surface area contributed by atoms with E-state index in [0.29, 0.717) is 18.4 Å². The molecule has 2 fully saturated rings. The third kappa shape index (κ3) is 5.28. The third-order valence-corrected chi connectivity index (χ3v) is 5.35. The molecule has 0 atom stereocenters. The molecule has 132 valence electrons. The first-order valence-electron chi connectivity index (χ1n) is 9.28. The van der Waals surface area contributed by atoms with Crippen molar-refractivity contribution < 1.29 is 9.59 Å². The van der Waals surface area contributed by atoms with Crippen LogP contribution in [0, 0.1) is 11.8 Å². The van der Waals surface area contributed by atoms with Crippen LogP contribution in [-0.2, 0) is 9.59 Å². The predicted molar refractivity (Wildman–Crippen MR) is 92.3 cm³/mol. The van der Waals surface area contributed by atoms with Gasteiger partial charge in [-0.2, -0.15) is 0 Å². The molecule has 1 N–H and O–H groups in total. The molecule has 0 aromatic carbocycles.